The molecule has 0 unspecified atom stereocenters. The molecular formula is C19H26BrN3. The number of fused-ring (bicyclic) bond motifs is 1. The molecule has 1 heterocycles. The highest BCUT2D eigenvalue weighted by molar-refractivity contribution is 9.10. The summed E-state index contributed by atoms with van der Waals surface area (Å²) in [6.07, 6.45) is 11.0. The first-order chi connectivity index (χ1) is 11.1. The molecule has 0 N–H and O–H groups in total. The van der Waals surface area contributed by atoms with E-state index in [2.05, 4.69) is 39.9 Å². The standard InChI is InChI=1S/C19H26BrN3/c1-23(2)17-9-6-14(7-10-17)4-3-5-16-13-21-18-11-8-15(20)12-19(18)22-16/h8,11-14,17H,3-7,9-10H2,1-2H3. The molecule has 0 radical (unpaired) electrons. The molecule has 2 aromatic rings. The molecular weight excluding hydrogens is 350 g/mol. The van der Waals surface area contributed by atoms with Crippen LogP contribution in [0.2, 0.25) is 0 Å². The zero-order valence-corrected chi connectivity index (χ0v) is 15.7. The fourth-order valence-corrected chi connectivity index (χ4v) is 4.01. The van der Waals surface area contributed by atoms with Crippen molar-refractivity contribution in [1.29, 1.82) is 0 Å². The highest BCUT2D eigenvalue weighted by Crippen LogP contribution is 2.30. The summed E-state index contributed by atoms with van der Waals surface area (Å²) in [5, 5.41) is 0. The first-order valence-corrected chi connectivity index (χ1v) is 9.49. The van der Waals surface area contributed by atoms with E-state index in [0.29, 0.717) is 0 Å². The van der Waals surface area contributed by atoms with E-state index in [1.807, 2.05) is 24.4 Å². The van der Waals surface area contributed by atoms with E-state index in [-0.39, 0.29) is 0 Å². The van der Waals surface area contributed by atoms with E-state index in [4.69, 9.17) is 4.98 Å². The molecule has 0 bridgehead atoms. The van der Waals surface area contributed by atoms with Crippen LogP contribution in [0.25, 0.3) is 11.0 Å². The van der Waals surface area contributed by atoms with Gasteiger partial charge in [0.2, 0.25) is 0 Å². The van der Waals surface area contributed by atoms with Gasteiger partial charge in [0.15, 0.2) is 0 Å². The number of nitrogens with zero attached hydrogens (tertiary/aromatic N) is 3. The summed E-state index contributed by atoms with van der Waals surface area (Å²) >= 11 is 3.51. The van der Waals surface area contributed by atoms with Crippen LogP contribution in [-0.2, 0) is 6.42 Å². The Bertz CT molecular complexity index is 648. The average Bonchev–Trinajstić information content (AvgIpc) is 2.55. The van der Waals surface area contributed by atoms with Gasteiger partial charge in [-0.1, -0.05) is 22.4 Å². The Morgan fingerprint density at radius 2 is 1.91 bits per heavy atom. The lowest BCUT2D eigenvalue weighted by Crippen LogP contribution is -2.32. The number of benzene rings is 1. The summed E-state index contributed by atoms with van der Waals surface area (Å²) in [6, 6.07) is 6.88. The number of hydrogen-bond donors (Lipinski definition) is 0. The summed E-state index contributed by atoms with van der Waals surface area (Å²) < 4.78 is 1.06. The second-order valence-corrected chi connectivity index (χ2v) is 7.94. The second kappa shape index (κ2) is 7.71. The highest BCUT2D eigenvalue weighted by atomic mass is 79.9. The van der Waals surface area contributed by atoms with Crippen LogP contribution in [-0.4, -0.2) is 35.0 Å². The lowest BCUT2D eigenvalue weighted by Gasteiger charge is -2.32. The van der Waals surface area contributed by atoms with Gasteiger partial charge in [-0.2, -0.15) is 0 Å². The van der Waals surface area contributed by atoms with E-state index >= 15 is 0 Å². The maximum Gasteiger partial charge on any atom is 0.0901 e. The number of aryl methyl sites for hydroxylation is 1. The Morgan fingerprint density at radius 1 is 1.13 bits per heavy atom. The third-order valence-electron chi connectivity index (χ3n) is 5.15. The van der Waals surface area contributed by atoms with Crippen LogP contribution < -0.4 is 0 Å². The van der Waals surface area contributed by atoms with Gasteiger partial charge < -0.3 is 4.90 Å². The molecule has 1 aliphatic rings. The normalized spacial score (nSPS) is 21.9. The molecule has 4 heteroatoms. The van der Waals surface area contributed by atoms with Crippen LogP contribution >= 0.6 is 15.9 Å². The highest BCUT2D eigenvalue weighted by Gasteiger charge is 2.21. The Kier molecular flexibility index (Phi) is 5.65. The Hall–Kier alpha value is -1.00. The van der Waals surface area contributed by atoms with Crippen LogP contribution in [0.5, 0.6) is 0 Å². The molecule has 3 nitrogen and oxygen atoms in total. The molecule has 1 saturated carbocycles. The van der Waals surface area contributed by atoms with Crippen LogP contribution in [0.3, 0.4) is 0 Å². The first kappa shape index (κ1) is 16.8. The van der Waals surface area contributed by atoms with Gasteiger partial charge in [-0.05, 0) is 76.7 Å². The molecule has 0 amide bonds. The van der Waals surface area contributed by atoms with E-state index in [0.717, 1.165) is 39.6 Å². The summed E-state index contributed by atoms with van der Waals surface area (Å²) in [5.74, 6) is 0.911. The van der Waals surface area contributed by atoms with Gasteiger partial charge in [-0.3, -0.25) is 4.98 Å². The maximum absolute atomic E-state index is 4.75. The zero-order chi connectivity index (χ0) is 16.2. The van der Waals surface area contributed by atoms with E-state index in [1.54, 1.807) is 0 Å². The van der Waals surface area contributed by atoms with Crippen LogP contribution in [0, 0.1) is 5.92 Å². The minimum absolute atomic E-state index is 0.802. The van der Waals surface area contributed by atoms with Crippen molar-refractivity contribution in [2.24, 2.45) is 5.92 Å². The van der Waals surface area contributed by atoms with Crippen molar-refractivity contribution in [2.45, 2.75) is 51.0 Å². The summed E-state index contributed by atoms with van der Waals surface area (Å²) in [4.78, 5) is 11.7. The van der Waals surface area contributed by atoms with Gasteiger partial charge in [-0.25, -0.2) is 4.98 Å². The van der Waals surface area contributed by atoms with Gasteiger partial charge in [0.1, 0.15) is 0 Å². The van der Waals surface area contributed by atoms with Crippen molar-refractivity contribution in [3.05, 3.63) is 34.6 Å². The zero-order valence-electron chi connectivity index (χ0n) is 14.1. The molecule has 1 fully saturated rings. The van der Waals surface area contributed by atoms with Gasteiger partial charge in [0, 0.05) is 16.7 Å². The molecule has 1 aromatic heterocycles. The Balaban J connectivity index is 1.49. The molecule has 0 saturated heterocycles. The predicted molar refractivity (Wildman–Crippen MR) is 99.6 cm³/mol. The molecule has 0 spiro atoms. The molecule has 3 rings (SSSR count). The van der Waals surface area contributed by atoms with Crippen molar-refractivity contribution in [3.8, 4) is 0 Å². The fraction of sp³-hybridized carbons (Fsp3) is 0.579. The van der Waals surface area contributed by atoms with Crippen LogP contribution in [0.1, 0.15) is 44.2 Å². The largest absolute Gasteiger partial charge is 0.306 e. The fourth-order valence-electron chi connectivity index (χ4n) is 3.67. The van der Waals surface area contributed by atoms with E-state index in [9.17, 15) is 0 Å². The molecule has 1 aliphatic carbocycles. The molecule has 124 valence electrons. The number of rotatable bonds is 5. The predicted octanol–water partition coefficient (Wildman–Crippen LogP) is 4.84. The van der Waals surface area contributed by atoms with Crippen molar-refractivity contribution in [2.75, 3.05) is 14.1 Å². The van der Waals surface area contributed by atoms with E-state index < -0.39 is 0 Å². The van der Waals surface area contributed by atoms with Crippen molar-refractivity contribution in [1.82, 2.24) is 14.9 Å². The minimum Gasteiger partial charge on any atom is -0.306 e. The quantitative estimate of drug-likeness (QED) is 0.748. The minimum atomic E-state index is 0.802. The second-order valence-electron chi connectivity index (χ2n) is 7.02. The summed E-state index contributed by atoms with van der Waals surface area (Å²) in [7, 11) is 4.42. The molecule has 0 aliphatic heterocycles. The third kappa shape index (κ3) is 4.51. The average molecular weight is 376 g/mol. The summed E-state index contributed by atoms with van der Waals surface area (Å²) in [6.45, 7) is 0. The lowest BCUT2D eigenvalue weighted by atomic mass is 9.82. The van der Waals surface area contributed by atoms with Crippen molar-refractivity contribution < 1.29 is 0 Å². The van der Waals surface area contributed by atoms with Crippen LogP contribution in [0.15, 0.2) is 28.9 Å². The monoisotopic (exact) mass is 375 g/mol. The number of hydrogen-bond acceptors (Lipinski definition) is 3. The maximum atomic E-state index is 4.75. The molecule has 23 heavy (non-hydrogen) atoms. The van der Waals surface area contributed by atoms with Gasteiger partial charge in [0.05, 0.1) is 16.7 Å². The Morgan fingerprint density at radius 3 is 2.65 bits per heavy atom. The summed E-state index contributed by atoms with van der Waals surface area (Å²) in [5.41, 5.74) is 3.08. The SMILES string of the molecule is CN(C)C1CCC(CCCc2cnc3ccc(Br)cc3n2)CC1. The van der Waals surface area contributed by atoms with Gasteiger partial charge in [0.25, 0.3) is 0 Å². The van der Waals surface area contributed by atoms with Crippen molar-refractivity contribution in [3.63, 3.8) is 0 Å². The Labute approximate surface area is 147 Å². The molecule has 0 atom stereocenters. The lowest BCUT2D eigenvalue weighted by molar-refractivity contribution is 0.187. The van der Waals surface area contributed by atoms with Crippen molar-refractivity contribution >= 4 is 27.0 Å². The topological polar surface area (TPSA) is 29.0 Å². The first-order valence-electron chi connectivity index (χ1n) is 8.69. The van der Waals surface area contributed by atoms with Gasteiger partial charge in [-0.15, -0.1) is 0 Å². The third-order valence-corrected chi connectivity index (χ3v) is 5.64. The number of halogens is 1. The van der Waals surface area contributed by atoms with Crippen LogP contribution in [0.4, 0.5) is 0 Å². The number of aromatic nitrogens is 2. The van der Waals surface area contributed by atoms with E-state index in [1.165, 1.54) is 38.5 Å². The molecule has 1 aromatic carbocycles. The smallest absolute Gasteiger partial charge is 0.0901 e. The van der Waals surface area contributed by atoms with Gasteiger partial charge >= 0.3 is 0 Å².